The van der Waals surface area contributed by atoms with Crippen LogP contribution in [0.25, 0.3) is 0 Å². The number of hydrogen-bond donors (Lipinski definition) is 3. The van der Waals surface area contributed by atoms with E-state index in [1.165, 1.54) is 0 Å². The standard InChI is InChI=1S/C15H24N4O2/c1-11(15(21)17-2)10-19(3)8-7-14(20)18-13-6-4-5-12(16)9-13/h4-6,9,11H,7-8,10,16H2,1-3H3,(H,17,21)(H,18,20). The minimum absolute atomic E-state index is 0.00561. The number of nitrogens with two attached hydrogens (primary N) is 1. The lowest BCUT2D eigenvalue weighted by Gasteiger charge is -2.20. The fraction of sp³-hybridized carbons (Fsp3) is 0.467. The van der Waals surface area contributed by atoms with Crippen molar-refractivity contribution in [3.63, 3.8) is 0 Å². The number of amides is 2. The third-order valence-electron chi connectivity index (χ3n) is 3.17. The van der Waals surface area contributed by atoms with E-state index in [0.717, 1.165) is 0 Å². The van der Waals surface area contributed by atoms with Crippen LogP contribution in [-0.4, -0.2) is 43.9 Å². The molecule has 0 fully saturated rings. The first kappa shape index (κ1) is 17.0. The van der Waals surface area contributed by atoms with Gasteiger partial charge in [-0.15, -0.1) is 0 Å². The molecular formula is C15H24N4O2. The van der Waals surface area contributed by atoms with Crippen molar-refractivity contribution in [1.82, 2.24) is 10.2 Å². The highest BCUT2D eigenvalue weighted by Crippen LogP contribution is 2.12. The molecule has 1 rings (SSSR count). The van der Waals surface area contributed by atoms with Gasteiger partial charge in [0.05, 0.1) is 0 Å². The molecule has 0 saturated heterocycles. The largest absolute Gasteiger partial charge is 0.399 e. The molecular weight excluding hydrogens is 268 g/mol. The number of carbonyl (C=O) groups is 2. The summed E-state index contributed by atoms with van der Waals surface area (Å²) in [4.78, 5) is 25.2. The Morgan fingerprint density at radius 2 is 2.10 bits per heavy atom. The summed E-state index contributed by atoms with van der Waals surface area (Å²) < 4.78 is 0. The van der Waals surface area contributed by atoms with Crippen molar-refractivity contribution in [3.05, 3.63) is 24.3 Å². The van der Waals surface area contributed by atoms with E-state index >= 15 is 0 Å². The van der Waals surface area contributed by atoms with Gasteiger partial charge in [-0.25, -0.2) is 0 Å². The summed E-state index contributed by atoms with van der Waals surface area (Å²) in [5.41, 5.74) is 6.97. The molecule has 6 nitrogen and oxygen atoms in total. The first-order valence-corrected chi connectivity index (χ1v) is 6.98. The number of hydrogen-bond acceptors (Lipinski definition) is 4. The molecule has 1 aromatic carbocycles. The van der Waals surface area contributed by atoms with Crippen LogP contribution in [0.5, 0.6) is 0 Å². The van der Waals surface area contributed by atoms with Crippen LogP contribution in [0.3, 0.4) is 0 Å². The predicted octanol–water partition coefficient (Wildman–Crippen LogP) is 0.911. The topological polar surface area (TPSA) is 87.5 Å². The highest BCUT2D eigenvalue weighted by Gasteiger charge is 2.14. The molecule has 4 N–H and O–H groups in total. The highest BCUT2D eigenvalue weighted by molar-refractivity contribution is 5.91. The average molecular weight is 292 g/mol. The fourth-order valence-electron chi connectivity index (χ4n) is 2.02. The van der Waals surface area contributed by atoms with Gasteiger partial charge < -0.3 is 21.3 Å². The molecule has 0 saturated carbocycles. The Bertz CT molecular complexity index is 490. The number of nitrogens with one attached hydrogen (secondary N) is 2. The average Bonchev–Trinajstić information content (AvgIpc) is 2.44. The second-order valence-electron chi connectivity index (χ2n) is 5.20. The van der Waals surface area contributed by atoms with E-state index in [1.54, 1.807) is 31.3 Å². The van der Waals surface area contributed by atoms with E-state index in [2.05, 4.69) is 10.6 Å². The molecule has 116 valence electrons. The van der Waals surface area contributed by atoms with Crippen LogP contribution in [0, 0.1) is 5.92 Å². The number of carbonyl (C=O) groups excluding carboxylic acids is 2. The SMILES string of the molecule is CNC(=O)C(C)CN(C)CCC(=O)Nc1cccc(N)c1. The third-order valence-corrected chi connectivity index (χ3v) is 3.17. The summed E-state index contributed by atoms with van der Waals surface area (Å²) in [5, 5.41) is 5.42. The maximum absolute atomic E-state index is 11.8. The van der Waals surface area contributed by atoms with Crippen LogP contribution in [0.15, 0.2) is 24.3 Å². The van der Waals surface area contributed by atoms with Crippen molar-refractivity contribution in [1.29, 1.82) is 0 Å². The molecule has 0 aliphatic rings. The Balaban J connectivity index is 2.34. The number of anilines is 2. The molecule has 6 heteroatoms. The second kappa shape index (κ2) is 8.26. The van der Waals surface area contributed by atoms with Crippen LogP contribution in [0.4, 0.5) is 11.4 Å². The Labute approximate surface area is 125 Å². The molecule has 1 aromatic rings. The second-order valence-corrected chi connectivity index (χ2v) is 5.20. The molecule has 0 aliphatic carbocycles. The summed E-state index contributed by atoms with van der Waals surface area (Å²) in [6.07, 6.45) is 0.367. The van der Waals surface area contributed by atoms with Gasteiger partial charge in [0.15, 0.2) is 0 Å². The summed E-state index contributed by atoms with van der Waals surface area (Å²) in [7, 11) is 3.52. The maximum Gasteiger partial charge on any atom is 0.225 e. The Kier molecular flexibility index (Phi) is 6.68. The molecule has 1 unspecified atom stereocenters. The lowest BCUT2D eigenvalue weighted by molar-refractivity contribution is -0.124. The van der Waals surface area contributed by atoms with E-state index in [1.807, 2.05) is 18.9 Å². The zero-order valence-electron chi connectivity index (χ0n) is 12.8. The van der Waals surface area contributed by atoms with E-state index in [4.69, 9.17) is 5.73 Å². The molecule has 0 spiro atoms. The Morgan fingerprint density at radius 1 is 1.38 bits per heavy atom. The van der Waals surface area contributed by atoms with Crippen LogP contribution in [0.1, 0.15) is 13.3 Å². The third kappa shape index (κ3) is 6.27. The summed E-state index contributed by atoms with van der Waals surface area (Å²) >= 11 is 0. The van der Waals surface area contributed by atoms with E-state index in [0.29, 0.717) is 30.9 Å². The van der Waals surface area contributed by atoms with Gasteiger partial charge in [0.1, 0.15) is 0 Å². The van der Waals surface area contributed by atoms with Crippen molar-refractivity contribution in [2.24, 2.45) is 5.92 Å². The van der Waals surface area contributed by atoms with Crippen molar-refractivity contribution >= 4 is 23.2 Å². The molecule has 0 heterocycles. The molecule has 1 atom stereocenters. The van der Waals surface area contributed by atoms with Crippen molar-refractivity contribution in [2.45, 2.75) is 13.3 Å². The first-order valence-electron chi connectivity index (χ1n) is 6.98. The Morgan fingerprint density at radius 3 is 2.71 bits per heavy atom. The number of benzene rings is 1. The first-order chi connectivity index (χ1) is 9.92. The molecule has 0 aromatic heterocycles. The van der Waals surface area contributed by atoms with Gasteiger partial charge >= 0.3 is 0 Å². The van der Waals surface area contributed by atoms with Crippen LogP contribution in [0.2, 0.25) is 0 Å². The molecule has 0 aliphatic heterocycles. The number of nitrogen functional groups attached to an aromatic ring is 1. The van der Waals surface area contributed by atoms with Crippen molar-refractivity contribution in [3.8, 4) is 0 Å². The van der Waals surface area contributed by atoms with E-state index in [-0.39, 0.29) is 17.7 Å². The van der Waals surface area contributed by atoms with Gasteiger partial charge in [-0.2, -0.15) is 0 Å². The number of nitrogens with zero attached hydrogens (tertiary/aromatic N) is 1. The smallest absolute Gasteiger partial charge is 0.225 e. The molecule has 0 radical (unpaired) electrons. The lowest BCUT2D eigenvalue weighted by Crippen LogP contribution is -2.35. The van der Waals surface area contributed by atoms with Gasteiger partial charge in [0, 0.05) is 43.9 Å². The van der Waals surface area contributed by atoms with Crippen molar-refractivity contribution in [2.75, 3.05) is 38.2 Å². The monoisotopic (exact) mass is 292 g/mol. The van der Waals surface area contributed by atoms with E-state index in [9.17, 15) is 9.59 Å². The maximum atomic E-state index is 11.8. The molecule has 0 bridgehead atoms. The van der Waals surface area contributed by atoms with Gasteiger partial charge in [-0.3, -0.25) is 9.59 Å². The van der Waals surface area contributed by atoms with Crippen LogP contribution >= 0.6 is 0 Å². The van der Waals surface area contributed by atoms with Gasteiger partial charge in [-0.1, -0.05) is 13.0 Å². The van der Waals surface area contributed by atoms with Gasteiger partial charge in [0.2, 0.25) is 11.8 Å². The van der Waals surface area contributed by atoms with E-state index < -0.39 is 0 Å². The van der Waals surface area contributed by atoms with Crippen LogP contribution < -0.4 is 16.4 Å². The summed E-state index contributed by atoms with van der Waals surface area (Å²) in [6, 6.07) is 7.08. The Hall–Kier alpha value is -2.08. The van der Waals surface area contributed by atoms with Gasteiger partial charge in [-0.05, 0) is 25.2 Å². The normalized spacial score (nSPS) is 12.0. The lowest BCUT2D eigenvalue weighted by atomic mass is 10.1. The summed E-state index contributed by atoms with van der Waals surface area (Å²) in [5.74, 6) is -0.164. The molecule has 21 heavy (non-hydrogen) atoms. The predicted molar refractivity (Wildman–Crippen MR) is 84.8 cm³/mol. The zero-order valence-corrected chi connectivity index (χ0v) is 12.8. The minimum Gasteiger partial charge on any atom is -0.399 e. The number of rotatable bonds is 7. The zero-order chi connectivity index (χ0) is 15.8. The minimum atomic E-state index is -0.100. The highest BCUT2D eigenvalue weighted by atomic mass is 16.2. The van der Waals surface area contributed by atoms with Crippen LogP contribution in [-0.2, 0) is 9.59 Å². The summed E-state index contributed by atoms with van der Waals surface area (Å²) in [6.45, 7) is 3.07. The van der Waals surface area contributed by atoms with Gasteiger partial charge in [0.25, 0.3) is 0 Å². The quantitative estimate of drug-likeness (QED) is 0.652. The molecule has 2 amide bonds. The van der Waals surface area contributed by atoms with Crippen molar-refractivity contribution < 1.29 is 9.59 Å². The fourth-order valence-corrected chi connectivity index (χ4v) is 2.02.